The summed E-state index contributed by atoms with van der Waals surface area (Å²) in [6.07, 6.45) is 1.41. The van der Waals surface area contributed by atoms with Crippen molar-refractivity contribution in [3.05, 3.63) is 0 Å². The minimum atomic E-state index is -0.355. The second-order valence-electron chi connectivity index (χ2n) is 5.68. The summed E-state index contributed by atoms with van der Waals surface area (Å²) in [6.45, 7) is 10.5. The number of carbonyl (C=O) groups is 1. The van der Waals surface area contributed by atoms with E-state index in [0.29, 0.717) is 18.9 Å². The Morgan fingerprint density at radius 1 is 1.38 bits per heavy atom. The summed E-state index contributed by atoms with van der Waals surface area (Å²) in [5, 5.41) is 0. The number of nitrogens with two attached hydrogens (primary N) is 1. The van der Waals surface area contributed by atoms with Gasteiger partial charge in [0.1, 0.15) is 0 Å². The standard InChI is InChI=1S/C12H26N2O2/c1-9(2)6-10(8-13)7-11(15)14-16-12(3,4)5/h9-10H,6-8,13H2,1-5H3,(H,14,15)/t10-/m0/s1. The third-order valence-electron chi connectivity index (χ3n) is 2.08. The van der Waals surface area contributed by atoms with Gasteiger partial charge in [0.25, 0.3) is 0 Å². The molecule has 1 amide bonds. The van der Waals surface area contributed by atoms with E-state index in [2.05, 4.69) is 19.3 Å². The van der Waals surface area contributed by atoms with E-state index in [1.165, 1.54) is 0 Å². The maximum Gasteiger partial charge on any atom is 0.243 e. The number of nitrogens with one attached hydrogen (secondary N) is 1. The van der Waals surface area contributed by atoms with Crippen molar-refractivity contribution in [2.75, 3.05) is 6.54 Å². The van der Waals surface area contributed by atoms with Crippen molar-refractivity contribution < 1.29 is 9.63 Å². The minimum Gasteiger partial charge on any atom is -0.330 e. The van der Waals surface area contributed by atoms with Crippen LogP contribution in [0.25, 0.3) is 0 Å². The van der Waals surface area contributed by atoms with E-state index in [4.69, 9.17) is 10.6 Å². The van der Waals surface area contributed by atoms with Gasteiger partial charge in [-0.05, 0) is 45.6 Å². The summed E-state index contributed by atoms with van der Waals surface area (Å²) in [5.41, 5.74) is 7.74. The lowest BCUT2D eigenvalue weighted by Crippen LogP contribution is -2.35. The first kappa shape index (κ1) is 15.4. The van der Waals surface area contributed by atoms with Crippen LogP contribution in [-0.2, 0) is 9.63 Å². The van der Waals surface area contributed by atoms with Crippen molar-refractivity contribution >= 4 is 5.91 Å². The maximum absolute atomic E-state index is 11.5. The van der Waals surface area contributed by atoms with E-state index in [1.807, 2.05) is 20.8 Å². The summed E-state index contributed by atoms with van der Waals surface area (Å²) >= 11 is 0. The second kappa shape index (κ2) is 6.86. The molecule has 3 N–H and O–H groups in total. The van der Waals surface area contributed by atoms with E-state index in [0.717, 1.165) is 6.42 Å². The third-order valence-corrected chi connectivity index (χ3v) is 2.08. The van der Waals surface area contributed by atoms with Crippen LogP contribution in [0.1, 0.15) is 47.5 Å². The van der Waals surface area contributed by atoms with Crippen molar-refractivity contribution in [1.29, 1.82) is 0 Å². The second-order valence-corrected chi connectivity index (χ2v) is 5.68. The fraction of sp³-hybridized carbons (Fsp3) is 0.917. The lowest BCUT2D eigenvalue weighted by Gasteiger charge is -2.21. The Labute approximate surface area is 98.9 Å². The Bertz CT molecular complexity index is 210. The molecule has 4 heteroatoms. The van der Waals surface area contributed by atoms with Gasteiger partial charge in [0.2, 0.25) is 5.91 Å². The van der Waals surface area contributed by atoms with Crippen LogP contribution in [0.15, 0.2) is 0 Å². The summed E-state index contributed by atoms with van der Waals surface area (Å²) in [6, 6.07) is 0. The first-order valence-electron chi connectivity index (χ1n) is 5.91. The first-order chi connectivity index (χ1) is 7.24. The maximum atomic E-state index is 11.5. The SMILES string of the molecule is CC(C)C[C@H](CN)CC(=O)NOC(C)(C)C. The van der Waals surface area contributed by atoms with Crippen molar-refractivity contribution in [2.24, 2.45) is 17.6 Å². The molecular formula is C12H26N2O2. The molecule has 0 fully saturated rings. The van der Waals surface area contributed by atoms with Crippen molar-refractivity contribution in [3.63, 3.8) is 0 Å². The Morgan fingerprint density at radius 2 is 1.94 bits per heavy atom. The van der Waals surface area contributed by atoms with Gasteiger partial charge in [0, 0.05) is 6.42 Å². The Morgan fingerprint density at radius 3 is 2.31 bits per heavy atom. The van der Waals surface area contributed by atoms with Gasteiger partial charge in [0.05, 0.1) is 5.60 Å². The van der Waals surface area contributed by atoms with Crippen molar-refractivity contribution in [1.82, 2.24) is 5.48 Å². The molecule has 96 valence electrons. The van der Waals surface area contributed by atoms with Gasteiger partial charge in [-0.3, -0.25) is 9.63 Å². The van der Waals surface area contributed by atoms with E-state index < -0.39 is 0 Å². The number of hydrogen-bond acceptors (Lipinski definition) is 3. The van der Waals surface area contributed by atoms with Crippen LogP contribution in [-0.4, -0.2) is 18.1 Å². The van der Waals surface area contributed by atoms with Gasteiger partial charge in [-0.25, -0.2) is 5.48 Å². The molecule has 0 aromatic carbocycles. The number of rotatable bonds is 6. The van der Waals surface area contributed by atoms with Crippen LogP contribution in [0, 0.1) is 11.8 Å². The van der Waals surface area contributed by atoms with Gasteiger partial charge >= 0.3 is 0 Å². The van der Waals surface area contributed by atoms with Gasteiger partial charge < -0.3 is 5.73 Å². The Hall–Kier alpha value is -0.610. The van der Waals surface area contributed by atoms with Crippen molar-refractivity contribution in [3.8, 4) is 0 Å². The number of hydrogen-bond donors (Lipinski definition) is 2. The average molecular weight is 230 g/mol. The molecule has 16 heavy (non-hydrogen) atoms. The predicted octanol–water partition coefficient (Wildman–Crippen LogP) is 1.84. The summed E-state index contributed by atoms with van der Waals surface area (Å²) in [4.78, 5) is 16.7. The molecule has 0 rings (SSSR count). The normalized spacial score (nSPS) is 13.9. The zero-order valence-corrected chi connectivity index (χ0v) is 11.2. The van der Waals surface area contributed by atoms with E-state index in [9.17, 15) is 4.79 Å². The molecule has 0 unspecified atom stereocenters. The molecule has 4 nitrogen and oxygen atoms in total. The fourth-order valence-electron chi connectivity index (χ4n) is 1.44. The molecule has 0 saturated carbocycles. The first-order valence-corrected chi connectivity index (χ1v) is 5.91. The van der Waals surface area contributed by atoms with Crippen LogP contribution in [0.3, 0.4) is 0 Å². The van der Waals surface area contributed by atoms with Gasteiger partial charge in [-0.15, -0.1) is 0 Å². The highest BCUT2D eigenvalue weighted by Crippen LogP contribution is 2.14. The molecule has 1 atom stereocenters. The van der Waals surface area contributed by atoms with Gasteiger partial charge in [-0.2, -0.15) is 0 Å². The van der Waals surface area contributed by atoms with E-state index in [1.54, 1.807) is 0 Å². The molecule has 0 radical (unpaired) electrons. The Kier molecular flexibility index (Phi) is 6.60. The van der Waals surface area contributed by atoms with Crippen LogP contribution in [0.4, 0.5) is 0 Å². The predicted molar refractivity (Wildman–Crippen MR) is 65.6 cm³/mol. The topological polar surface area (TPSA) is 64.4 Å². The molecule has 0 aliphatic rings. The summed E-state index contributed by atoms with van der Waals surface area (Å²) in [7, 11) is 0. The summed E-state index contributed by atoms with van der Waals surface area (Å²) in [5.74, 6) is 0.708. The van der Waals surface area contributed by atoms with Crippen LogP contribution >= 0.6 is 0 Å². The van der Waals surface area contributed by atoms with E-state index >= 15 is 0 Å². The highest BCUT2D eigenvalue weighted by Gasteiger charge is 2.17. The number of carbonyl (C=O) groups excluding carboxylic acids is 1. The molecule has 0 saturated heterocycles. The highest BCUT2D eigenvalue weighted by atomic mass is 16.7. The number of amides is 1. The Balaban J connectivity index is 3.92. The molecular weight excluding hydrogens is 204 g/mol. The van der Waals surface area contributed by atoms with Crippen LogP contribution < -0.4 is 11.2 Å². The quantitative estimate of drug-likeness (QED) is 0.684. The van der Waals surface area contributed by atoms with Gasteiger partial charge in [0.15, 0.2) is 0 Å². The highest BCUT2D eigenvalue weighted by molar-refractivity contribution is 5.75. The molecule has 0 aliphatic carbocycles. The summed E-state index contributed by atoms with van der Waals surface area (Å²) < 4.78 is 0. The zero-order chi connectivity index (χ0) is 12.8. The molecule has 0 spiro atoms. The molecule has 0 heterocycles. The number of hydroxylamine groups is 1. The largest absolute Gasteiger partial charge is 0.330 e. The fourth-order valence-corrected chi connectivity index (χ4v) is 1.44. The minimum absolute atomic E-state index is 0.0916. The molecule has 0 aromatic heterocycles. The van der Waals surface area contributed by atoms with Crippen LogP contribution in [0.2, 0.25) is 0 Å². The van der Waals surface area contributed by atoms with Gasteiger partial charge in [-0.1, -0.05) is 13.8 Å². The zero-order valence-electron chi connectivity index (χ0n) is 11.2. The smallest absolute Gasteiger partial charge is 0.243 e. The lowest BCUT2D eigenvalue weighted by molar-refractivity contribution is -0.146. The third kappa shape index (κ3) is 8.68. The lowest BCUT2D eigenvalue weighted by atomic mass is 9.94. The average Bonchev–Trinajstić information content (AvgIpc) is 2.12. The monoisotopic (exact) mass is 230 g/mol. The van der Waals surface area contributed by atoms with Crippen molar-refractivity contribution in [2.45, 2.75) is 53.1 Å². The van der Waals surface area contributed by atoms with E-state index in [-0.39, 0.29) is 17.4 Å². The van der Waals surface area contributed by atoms with Crippen LogP contribution in [0.5, 0.6) is 0 Å². The molecule has 0 aromatic rings. The molecule has 0 aliphatic heterocycles. The molecule has 0 bridgehead atoms.